The van der Waals surface area contributed by atoms with Crippen LogP contribution in [0.3, 0.4) is 0 Å². The summed E-state index contributed by atoms with van der Waals surface area (Å²) in [5, 5.41) is 0. The van der Waals surface area contributed by atoms with Gasteiger partial charge in [-0.2, -0.15) is 9.59 Å². The third-order valence-corrected chi connectivity index (χ3v) is 2.67. The molecule has 0 aliphatic heterocycles. The van der Waals surface area contributed by atoms with Crippen molar-refractivity contribution in [3.63, 3.8) is 0 Å². The molecule has 0 radical (unpaired) electrons. The van der Waals surface area contributed by atoms with Crippen molar-refractivity contribution in [2.24, 2.45) is 5.41 Å². The van der Waals surface area contributed by atoms with Gasteiger partial charge in [0.25, 0.3) is 0 Å². The summed E-state index contributed by atoms with van der Waals surface area (Å²) in [6.07, 6.45) is 2.36. The van der Waals surface area contributed by atoms with Crippen LogP contribution in [0.5, 0.6) is 0 Å². The van der Waals surface area contributed by atoms with Crippen LogP contribution in [-0.4, -0.2) is 18.7 Å². The van der Waals surface area contributed by atoms with Gasteiger partial charge >= 0.3 is 12.1 Å². The molecule has 4 heteroatoms. The van der Waals surface area contributed by atoms with E-state index in [0.29, 0.717) is 19.4 Å². The maximum atomic E-state index is 12.1. The molecule has 0 spiro atoms. The Labute approximate surface area is 115 Å². The minimum atomic E-state index is -0.465. The van der Waals surface area contributed by atoms with Gasteiger partial charge in [-0.05, 0) is 40.0 Å². The average Bonchev–Trinajstić information content (AvgIpc) is 2.28. The van der Waals surface area contributed by atoms with E-state index in [2.05, 4.69) is 13.2 Å². The molecule has 4 nitrogen and oxygen atoms in total. The minimum Gasteiger partial charge on any atom is -0.466 e. The first-order valence-corrected chi connectivity index (χ1v) is 6.24. The summed E-state index contributed by atoms with van der Waals surface area (Å²) in [6.45, 7) is 16.0. The minimum absolute atomic E-state index is 0.122. The zero-order valence-electron chi connectivity index (χ0n) is 12.4. The third kappa shape index (κ3) is 8.11. The molecular formula is C15H24O4. The molecule has 108 valence electrons. The summed E-state index contributed by atoms with van der Waals surface area (Å²) in [6, 6.07) is 0. The van der Waals surface area contributed by atoms with Crippen LogP contribution in [0.15, 0.2) is 24.3 Å². The highest BCUT2D eigenvalue weighted by atomic mass is 16.5. The molecule has 19 heavy (non-hydrogen) atoms. The molecule has 0 rings (SSSR count). The molecule has 0 aliphatic rings. The summed E-state index contributed by atoms with van der Waals surface area (Å²) in [7, 11) is 0. The van der Waals surface area contributed by atoms with Crippen molar-refractivity contribution in [3.05, 3.63) is 24.3 Å². The van der Waals surface area contributed by atoms with Crippen LogP contribution in [-0.2, 0) is 19.1 Å². The Morgan fingerprint density at radius 3 is 1.68 bits per heavy atom. The number of carbonyl (C=O) groups is 1. The van der Waals surface area contributed by atoms with E-state index in [1.807, 2.05) is 27.7 Å². The predicted octanol–water partition coefficient (Wildman–Crippen LogP) is 3.29. The van der Waals surface area contributed by atoms with E-state index in [1.165, 1.54) is 0 Å². The molecule has 0 aromatic rings. The van der Waals surface area contributed by atoms with Crippen molar-refractivity contribution >= 4 is 12.1 Å². The van der Waals surface area contributed by atoms with Gasteiger partial charge in [0.15, 0.2) is 0 Å². The Balaban J connectivity index is 0. The Morgan fingerprint density at radius 2 is 1.47 bits per heavy atom. The Hall–Kier alpha value is -1.67. The molecule has 0 saturated heterocycles. The van der Waals surface area contributed by atoms with Crippen LogP contribution in [0.2, 0.25) is 0 Å². The Kier molecular flexibility index (Phi) is 10.6. The number of esters is 1. The fraction of sp³-hybridized carbons (Fsp3) is 0.600. The van der Waals surface area contributed by atoms with Gasteiger partial charge in [-0.1, -0.05) is 18.1 Å². The van der Waals surface area contributed by atoms with E-state index >= 15 is 0 Å². The molecule has 0 aromatic carbocycles. The Bertz CT molecular complexity index is 333. The molecule has 0 unspecified atom stereocenters. The number of rotatable bonds is 7. The second-order valence-corrected chi connectivity index (χ2v) is 4.71. The molecule has 0 bridgehead atoms. The number of allylic oxidation sites excluding steroid dienone is 2. The first-order chi connectivity index (χ1) is 8.79. The molecule has 0 N–H and O–H groups in total. The van der Waals surface area contributed by atoms with Crippen LogP contribution in [0.25, 0.3) is 0 Å². The number of hydrogen-bond acceptors (Lipinski definition) is 4. The molecule has 0 atom stereocenters. The highest BCUT2D eigenvalue weighted by Crippen LogP contribution is 2.37. The van der Waals surface area contributed by atoms with E-state index < -0.39 is 5.41 Å². The highest BCUT2D eigenvalue weighted by molar-refractivity contribution is 5.77. The van der Waals surface area contributed by atoms with Crippen molar-refractivity contribution in [2.45, 2.75) is 47.0 Å². The zero-order valence-corrected chi connectivity index (χ0v) is 12.4. The van der Waals surface area contributed by atoms with Gasteiger partial charge in [-0.25, -0.2) is 0 Å². The zero-order chi connectivity index (χ0) is 15.5. The van der Waals surface area contributed by atoms with Crippen LogP contribution < -0.4 is 0 Å². The fourth-order valence-corrected chi connectivity index (χ4v) is 2.04. The number of carbonyl (C=O) groups excluding carboxylic acids is 3. The van der Waals surface area contributed by atoms with E-state index in [-0.39, 0.29) is 12.1 Å². The maximum absolute atomic E-state index is 12.1. The van der Waals surface area contributed by atoms with Crippen molar-refractivity contribution in [2.75, 3.05) is 6.61 Å². The standard InChI is InChI=1S/C14H24O2.CO2/c1-7-14(9-11(3)4,10-12(5)6)13(15)16-8-2;2-1-3/h3,5,7-10H2,1-2,4,6H3;. The van der Waals surface area contributed by atoms with Gasteiger partial charge in [-0.15, -0.1) is 13.2 Å². The topological polar surface area (TPSA) is 60.4 Å². The molecular weight excluding hydrogens is 244 g/mol. The second-order valence-electron chi connectivity index (χ2n) is 4.71. The van der Waals surface area contributed by atoms with E-state index in [0.717, 1.165) is 17.6 Å². The first-order valence-electron chi connectivity index (χ1n) is 6.24. The van der Waals surface area contributed by atoms with E-state index in [9.17, 15) is 4.79 Å². The van der Waals surface area contributed by atoms with Crippen LogP contribution in [0, 0.1) is 5.41 Å². The molecule has 0 amide bonds. The van der Waals surface area contributed by atoms with E-state index in [1.54, 1.807) is 0 Å². The van der Waals surface area contributed by atoms with Gasteiger partial charge in [0, 0.05) is 0 Å². The summed E-state index contributed by atoms with van der Waals surface area (Å²) in [5.41, 5.74) is 1.56. The summed E-state index contributed by atoms with van der Waals surface area (Å²) >= 11 is 0. The largest absolute Gasteiger partial charge is 0.466 e. The molecule has 0 aromatic heterocycles. The van der Waals surface area contributed by atoms with Gasteiger partial charge in [-0.3, -0.25) is 4.79 Å². The van der Waals surface area contributed by atoms with Crippen LogP contribution in [0.1, 0.15) is 47.0 Å². The molecule has 0 heterocycles. The summed E-state index contributed by atoms with van der Waals surface area (Å²) < 4.78 is 5.18. The van der Waals surface area contributed by atoms with Gasteiger partial charge in [0.05, 0.1) is 12.0 Å². The number of hydrogen-bond donors (Lipinski definition) is 0. The average molecular weight is 268 g/mol. The highest BCUT2D eigenvalue weighted by Gasteiger charge is 2.37. The lowest BCUT2D eigenvalue weighted by Gasteiger charge is -2.30. The van der Waals surface area contributed by atoms with Crippen molar-refractivity contribution in [3.8, 4) is 0 Å². The second kappa shape index (κ2) is 10.3. The normalized spacial score (nSPS) is 9.68. The summed E-state index contributed by atoms with van der Waals surface area (Å²) in [4.78, 5) is 28.3. The van der Waals surface area contributed by atoms with Gasteiger partial charge < -0.3 is 4.74 Å². The molecule has 0 fully saturated rings. The summed E-state index contributed by atoms with van der Waals surface area (Å²) in [5.74, 6) is -0.122. The predicted molar refractivity (Wildman–Crippen MR) is 73.2 cm³/mol. The number of ether oxygens (including phenoxy) is 1. The first kappa shape index (κ1) is 19.7. The van der Waals surface area contributed by atoms with E-state index in [4.69, 9.17) is 14.3 Å². The lowest BCUT2D eigenvalue weighted by atomic mass is 9.75. The lowest BCUT2D eigenvalue weighted by Crippen LogP contribution is -2.33. The molecule has 0 aliphatic carbocycles. The van der Waals surface area contributed by atoms with Crippen LogP contribution >= 0.6 is 0 Å². The lowest BCUT2D eigenvalue weighted by molar-refractivity contribution is -0.191. The van der Waals surface area contributed by atoms with Crippen LogP contribution in [0.4, 0.5) is 0 Å². The van der Waals surface area contributed by atoms with Gasteiger partial charge in [0.1, 0.15) is 0 Å². The monoisotopic (exact) mass is 268 g/mol. The quantitative estimate of drug-likeness (QED) is 0.525. The fourth-order valence-electron chi connectivity index (χ4n) is 2.04. The third-order valence-electron chi connectivity index (χ3n) is 2.67. The Morgan fingerprint density at radius 1 is 1.11 bits per heavy atom. The van der Waals surface area contributed by atoms with Crippen molar-refractivity contribution < 1.29 is 19.1 Å². The van der Waals surface area contributed by atoms with Gasteiger partial charge in [0.2, 0.25) is 0 Å². The maximum Gasteiger partial charge on any atom is 0.373 e. The van der Waals surface area contributed by atoms with Crippen molar-refractivity contribution in [1.29, 1.82) is 0 Å². The van der Waals surface area contributed by atoms with Crippen molar-refractivity contribution in [1.82, 2.24) is 0 Å². The smallest absolute Gasteiger partial charge is 0.373 e. The molecule has 0 saturated carbocycles. The SMILES string of the molecule is C=C(C)CC(CC)(CC(=C)C)C(=O)OCC.O=C=O.